The van der Waals surface area contributed by atoms with Gasteiger partial charge in [-0.2, -0.15) is 0 Å². The minimum atomic E-state index is 0.285. The van der Waals surface area contributed by atoms with Crippen molar-refractivity contribution in [2.24, 2.45) is 0 Å². The molecule has 0 aliphatic carbocycles. The van der Waals surface area contributed by atoms with Gasteiger partial charge in [-0.1, -0.05) is 0 Å². The Bertz CT molecular complexity index is 335. The summed E-state index contributed by atoms with van der Waals surface area (Å²) in [4.78, 5) is 6.50. The van der Waals surface area contributed by atoms with Crippen LogP contribution in [0.4, 0.5) is 5.69 Å². The van der Waals surface area contributed by atoms with Crippen LogP contribution in [0.5, 0.6) is 0 Å². The van der Waals surface area contributed by atoms with E-state index in [1.165, 1.54) is 0 Å². The van der Waals surface area contributed by atoms with E-state index in [0.717, 1.165) is 23.2 Å². The van der Waals surface area contributed by atoms with E-state index in [1.54, 1.807) is 6.20 Å². The van der Waals surface area contributed by atoms with Crippen LogP contribution >= 0.6 is 15.9 Å². The summed E-state index contributed by atoms with van der Waals surface area (Å²) in [5, 5.41) is 0. The number of pyridine rings is 1. The van der Waals surface area contributed by atoms with Crippen molar-refractivity contribution in [3.63, 3.8) is 0 Å². The second-order valence-corrected chi connectivity index (χ2v) is 4.94. The van der Waals surface area contributed by atoms with E-state index in [0.29, 0.717) is 0 Å². The van der Waals surface area contributed by atoms with Gasteiger partial charge in [0.05, 0.1) is 24.1 Å². The van der Waals surface area contributed by atoms with Crippen molar-refractivity contribution < 1.29 is 4.74 Å². The molecule has 82 valence electrons. The third kappa shape index (κ3) is 2.69. The Morgan fingerprint density at radius 2 is 2.00 bits per heavy atom. The summed E-state index contributed by atoms with van der Waals surface area (Å²) < 4.78 is 6.71. The highest BCUT2D eigenvalue weighted by atomic mass is 79.9. The third-order valence-electron chi connectivity index (χ3n) is 2.48. The van der Waals surface area contributed by atoms with E-state index in [2.05, 4.69) is 45.7 Å². The maximum Gasteiger partial charge on any atom is 0.0726 e. The maximum absolute atomic E-state index is 5.69. The molecular formula is C11H15BrN2O. The van der Waals surface area contributed by atoms with Crippen LogP contribution in [0.15, 0.2) is 22.9 Å². The summed E-state index contributed by atoms with van der Waals surface area (Å²) in [6.07, 6.45) is 4.27. The van der Waals surface area contributed by atoms with Gasteiger partial charge in [-0.25, -0.2) is 0 Å². The lowest BCUT2D eigenvalue weighted by Gasteiger charge is -2.36. The van der Waals surface area contributed by atoms with Gasteiger partial charge in [0.15, 0.2) is 0 Å². The van der Waals surface area contributed by atoms with Crippen molar-refractivity contribution in [1.29, 1.82) is 0 Å². The zero-order valence-corrected chi connectivity index (χ0v) is 10.6. The molecule has 2 rings (SSSR count). The largest absolute Gasteiger partial charge is 0.372 e. The van der Waals surface area contributed by atoms with Crippen LogP contribution < -0.4 is 4.90 Å². The number of aromatic nitrogens is 1. The Morgan fingerprint density at radius 1 is 1.33 bits per heavy atom. The van der Waals surface area contributed by atoms with Gasteiger partial charge in [-0.3, -0.25) is 4.98 Å². The topological polar surface area (TPSA) is 25.4 Å². The molecule has 1 fully saturated rings. The average Bonchev–Trinajstić information content (AvgIpc) is 2.16. The van der Waals surface area contributed by atoms with Gasteiger partial charge in [0.25, 0.3) is 0 Å². The molecule has 0 spiro atoms. The average molecular weight is 271 g/mol. The number of morpholine rings is 1. The fourth-order valence-corrected chi connectivity index (χ4v) is 2.32. The first-order chi connectivity index (χ1) is 7.15. The molecule has 4 heteroatoms. The van der Waals surface area contributed by atoms with Crippen LogP contribution in [0.2, 0.25) is 0 Å². The van der Waals surface area contributed by atoms with Gasteiger partial charge in [0, 0.05) is 23.8 Å². The molecule has 1 aromatic heterocycles. The normalized spacial score (nSPS) is 26.7. The van der Waals surface area contributed by atoms with Crippen LogP contribution in [0.1, 0.15) is 13.8 Å². The molecule has 0 bridgehead atoms. The molecule has 1 aromatic rings. The lowest BCUT2D eigenvalue weighted by Crippen LogP contribution is -2.45. The van der Waals surface area contributed by atoms with E-state index >= 15 is 0 Å². The van der Waals surface area contributed by atoms with Gasteiger partial charge in [0.2, 0.25) is 0 Å². The molecule has 0 aromatic carbocycles. The molecule has 0 radical (unpaired) electrons. The SMILES string of the molecule is CC1CN(c2cncc(Br)c2)CC(C)O1. The highest BCUT2D eigenvalue weighted by Gasteiger charge is 2.22. The zero-order chi connectivity index (χ0) is 10.8. The van der Waals surface area contributed by atoms with Gasteiger partial charge in [-0.15, -0.1) is 0 Å². The summed E-state index contributed by atoms with van der Waals surface area (Å²) >= 11 is 3.44. The highest BCUT2D eigenvalue weighted by Crippen LogP contribution is 2.22. The second kappa shape index (κ2) is 4.49. The molecule has 0 amide bonds. The smallest absolute Gasteiger partial charge is 0.0726 e. The molecule has 2 heterocycles. The number of nitrogens with zero attached hydrogens (tertiary/aromatic N) is 2. The van der Waals surface area contributed by atoms with Crippen molar-refractivity contribution in [3.8, 4) is 0 Å². The minimum Gasteiger partial charge on any atom is -0.372 e. The third-order valence-corrected chi connectivity index (χ3v) is 2.91. The second-order valence-electron chi connectivity index (χ2n) is 4.02. The summed E-state index contributed by atoms with van der Waals surface area (Å²) in [7, 11) is 0. The monoisotopic (exact) mass is 270 g/mol. The molecule has 1 saturated heterocycles. The Morgan fingerprint density at radius 3 is 2.60 bits per heavy atom. The summed E-state index contributed by atoms with van der Waals surface area (Å²) in [5.41, 5.74) is 1.16. The van der Waals surface area contributed by atoms with Crippen molar-refractivity contribution in [2.45, 2.75) is 26.1 Å². The maximum atomic E-state index is 5.69. The predicted molar refractivity (Wildman–Crippen MR) is 64.2 cm³/mol. The van der Waals surface area contributed by atoms with Gasteiger partial charge < -0.3 is 9.64 Å². The first-order valence-electron chi connectivity index (χ1n) is 5.16. The zero-order valence-electron chi connectivity index (χ0n) is 8.98. The predicted octanol–water partition coefficient (Wildman–Crippen LogP) is 2.46. The molecule has 3 nitrogen and oxygen atoms in total. The summed E-state index contributed by atoms with van der Waals surface area (Å²) in [5.74, 6) is 0. The number of ether oxygens (including phenoxy) is 1. The van der Waals surface area contributed by atoms with Crippen LogP contribution in [0.25, 0.3) is 0 Å². The van der Waals surface area contributed by atoms with E-state index in [-0.39, 0.29) is 12.2 Å². The molecule has 0 saturated carbocycles. The molecule has 1 aliphatic heterocycles. The van der Waals surface area contributed by atoms with Crippen LogP contribution in [0, 0.1) is 0 Å². The lowest BCUT2D eigenvalue weighted by molar-refractivity contribution is -0.00523. The van der Waals surface area contributed by atoms with E-state index in [4.69, 9.17) is 4.74 Å². The van der Waals surface area contributed by atoms with Gasteiger partial charge in [0.1, 0.15) is 0 Å². The fraction of sp³-hybridized carbons (Fsp3) is 0.545. The molecule has 15 heavy (non-hydrogen) atoms. The van der Waals surface area contributed by atoms with E-state index < -0.39 is 0 Å². The van der Waals surface area contributed by atoms with Crippen LogP contribution in [-0.2, 0) is 4.74 Å². The van der Waals surface area contributed by atoms with Crippen molar-refractivity contribution >= 4 is 21.6 Å². The Labute approximate surface area is 98.6 Å². The molecule has 1 aliphatic rings. The fourth-order valence-electron chi connectivity index (χ4n) is 1.96. The van der Waals surface area contributed by atoms with Crippen LogP contribution in [-0.4, -0.2) is 30.3 Å². The van der Waals surface area contributed by atoms with Crippen molar-refractivity contribution in [1.82, 2.24) is 4.98 Å². The number of anilines is 1. The lowest BCUT2D eigenvalue weighted by atomic mass is 10.2. The Hall–Kier alpha value is -0.610. The summed E-state index contributed by atoms with van der Waals surface area (Å²) in [6.45, 7) is 6.08. The number of hydrogen-bond acceptors (Lipinski definition) is 3. The Kier molecular flexibility index (Phi) is 3.26. The highest BCUT2D eigenvalue weighted by molar-refractivity contribution is 9.10. The molecular weight excluding hydrogens is 256 g/mol. The molecule has 0 N–H and O–H groups in total. The van der Waals surface area contributed by atoms with Crippen LogP contribution in [0.3, 0.4) is 0 Å². The first kappa shape index (κ1) is 10.9. The quantitative estimate of drug-likeness (QED) is 0.784. The first-order valence-corrected chi connectivity index (χ1v) is 5.95. The van der Waals surface area contributed by atoms with Gasteiger partial charge in [-0.05, 0) is 35.8 Å². The number of hydrogen-bond donors (Lipinski definition) is 0. The van der Waals surface area contributed by atoms with E-state index in [9.17, 15) is 0 Å². The van der Waals surface area contributed by atoms with Crippen molar-refractivity contribution in [2.75, 3.05) is 18.0 Å². The molecule has 2 unspecified atom stereocenters. The van der Waals surface area contributed by atoms with Gasteiger partial charge >= 0.3 is 0 Å². The summed E-state index contributed by atoms with van der Waals surface area (Å²) in [6, 6.07) is 2.09. The van der Waals surface area contributed by atoms with Crippen molar-refractivity contribution in [3.05, 3.63) is 22.9 Å². The molecule has 2 atom stereocenters. The van der Waals surface area contributed by atoms with E-state index in [1.807, 2.05) is 6.20 Å². The number of rotatable bonds is 1. The number of halogens is 1. The standard InChI is InChI=1S/C11H15BrN2O/c1-8-6-14(7-9(2)15-8)11-3-10(12)4-13-5-11/h3-5,8-9H,6-7H2,1-2H3. The Balaban J connectivity index is 2.16. The minimum absolute atomic E-state index is 0.285.